The normalized spacial score (nSPS) is 18.6. The summed E-state index contributed by atoms with van der Waals surface area (Å²) < 4.78 is 44.6. The molecule has 0 unspecified atom stereocenters. The molecule has 1 saturated heterocycles. The summed E-state index contributed by atoms with van der Waals surface area (Å²) in [5, 5.41) is 0.481. The minimum atomic E-state index is -3.80. The maximum absolute atomic E-state index is 13.3. The van der Waals surface area contributed by atoms with Crippen LogP contribution in [0.25, 0.3) is 0 Å². The van der Waals surface area contributed by atoms with Gasteiger partial charge in [-0.2, -0.15) is 4.31 Å². The number of ether oxygens (including phenoxy) is 3. The van der Waals surface area contributed by atoms with E-state index in [0.29, 0.717) is 34.9 Å². The highest BCUT2D eigenvalue weighted by Gasteiger charge is 2.45. The number of carbonyl (C=O) groups excluding carboxylic acids is 1. The molecule has 2 aromatic carbocycles. The largest absolute Gasteiger partial charge is 0.497 e. The predicted molar refractivity (Wildman–Crippen MR) is 111 cm³/mol. The van der Waals surface area contributed by atoms with Crippen molar-refractivity contribution in [2.24, 2.45) is 0 Å². The number of methoxy groups -OCH3 is 2. The number of ketones is 1. The van der Waals surface area contributed by atoms with Crippen LogP contribution in [0, 0.1) is 0 Å². The molecule has 0 amide bonds. The average Bonchev–Trinajstić information content (AvgIpc) is 2.74. The number of rotatable bonds is 4. The Morgan fingerprint density at radius 1 is 1.07 bits per heavy atom. The molecule has 1 spiro atoms. The monoisotopic (exact) mass is 451 g/mol. The van der Waals surface area contributed by atoms with Crippen LogP contribution in [0.1, 0.15) is 29.6 Å². The fourth-order valence-electron chi connectivity index (χ4n) is 4.00. The smallest absolute Gasteiger partial charge is 0.246 e. The van der Waals surface area contributed by atoms with Crippen LogP contribution in [0.5, 0.6) is 17.2 Å². The Kier molecular flexibility index (Phi) is 5.42. The molecule has 1 fully saturated rings. The highest BCUT2D eigenvalue weighted by atomic mass is 35.5. The second kappa shape index (κ2) is 7.76. The number of hydrogen-bond donors (Lipinski definition) is 0. The average molecular weight is 452 g/mol. The Morgan fingerprint density at radius 2 is 1.80 bits per heavy atom. The van der Waals surface area contributed by atoms with Crippen molar-refractivity contribution in [3.05, 3.63) is 47.0 Å². The maximum Gasteiger partial charge on any atom is 0.246 e. The van der Waals surface area contributed by atoms with E-state index in [4.69, 9.17) is 25.8 Å². The summed E-state index contributed by atoms with van der Waals surface area (Å²) in [5.41, 5.74) is -0.230. The molecule has 0 atom stereocenters. The van der Waals surface area contributed by atoms with Crippen molar-refractivity contribution in [2.45, 2.75) is 29.8 Å². The number of halogens is 1. The first-order valence-corrected chi connectivity index (χ1v) is 11.3. The summed E-state index contributed by atoms with van der Waals surface area (Å²) in [6.45, 7) is 0.470. The number of fused-ring (bicyclic) bond motifs is 1. The maximum atomic E-state index is 13.3. The molecule has 0 aromatic heterocycles. The van der Waals surface area contributed by atoms with Crippen LogP contribution < -0.4 is 14.2 Å². The fourth-order valence-corrected chi connectivity index (χ4v) is 5.79. The van der Waals surface area contributed by atoms with Crippen molar-refractivity contribution < 1.29 is 27.4 Å². The van der Waals surface area contributed by atoms with Crippen molar-refractivity contribution >= 4 is 27.4 Å². The molecule has 2 aromatic rings. The second-order valence-corrected chi connectivity index (χ2v) is 9.79. The zero-order chi connectivity index (χ0) is 21.5. The Morgan fingerprint density at radius 3 is 2.47 bits per heavy atom. The molecule has 4 rings (SSSR count). The number of sulfonamides is 1. The molecular weight excluding hydrogens is 430 g/mol. The summed E-state index contributed by atoms with van der Waals surface area (Å²) in [7, 11) is -0.897. The van der Waals surface area contributed by atoms with Gasteiger partial charge in [0.05, 0.1) is 26.2 Å². The van der Waals surface area contributed by atoms with Crippen LogP contribution in [-0.4, -0.2) is 51.4 Å². The van der Waals surface area contributed by atoms with E-state index in [0.717, 1.165) is 0 Å². The molecule has 0 bridgehead atoms. The van der Waals surface area contributed by atoms with Gasteiger partial charge in [0.1, 0.15) is 27.7 Å². The predicted octanol–water partition coefficient (Wildman–Crippen LogP) is 3.55. The van der Waals surface area contributed by atoms with Crippen LogP contribution in [0.3, 0.4) is 0 Å². The minimum Gasteiger partial charge on any atom is -0.497 e. The van der Waals surface area contributed by atoms with E-state index in [1.807, 2.05) is 0 Å². The third-order valence-corrected chi connectivity index (χ3v) is 7.83. The Hall–Kier alpha value is -2.29. The van der Waals surface area contributed by atoms with Gasteiger partial charge < -0.3 is 14.2 Å². The van der Waals surface area contributed by atoms with E-state index in [-0.39, 0.29) is 35.9 Å². The second-order valence-electron chi connectivity index (χ2n) is 7.45. The van der Waals surface area contributed by atoms with Gasteiger partial charge in [-0.05, 0) is 30.3 Å². The first-order chi connectivity index (χ1) is 14.3. The molecule has 0 saturated carbocycles. The van der Waals surface area contributed by atoms with Crippen molar-refractivity contribution in [1.29, 1.82) is 0 Å². The molecule has 0 aliphatic carbocycles. The molecule has 7 nitrogen and oxygen atoms in total. The lowest BCUT2D eigenvalue weighted by Gasteiger charge is -2.43. The molecule has 0 radical (unpaired) electrons. The van der Waals surface area contributed by atoms with Crippen LogP contribution in [-0.2, 0) is 10.0 Å². The van der Waals surface area contributed by atoms with Crippen molar-refractivity contribution in [3.8, 4) is 17.2 Å². The van der Waals surface area contributed by atoms with Crippen LogP contribution >= 0.6 is 11.6 Å². The Bertz CT molecular complexity index is 1090. The van der Waals surface area contributed by atoms with Gasteiger partial charge in [-0.3, -0.25) is 4.79 Å². The van der Waals surface area contributed by atoms with Crippen LogP contribution in [0.15, 0.2) is 41.3 Å². The summed E-state index contributed by atoms with van der Waals surface area (Å²) in [4.78, 5) is 12.7. The Balaban J connectivity index is 1.56. The number of piperidine rings is 1. The summed E-state index contributed by atoms with van der Waals surface area (Å²) in [6, 6.07) is 9.66. The molecule has 2 aliphatic heterocycles. The van der Waals surface area contributed by atoms with Gasteiger partial charge in [0.25, 0.3) is 0 Å². The van der Waals surface area contributed by atoms with Gasteiger partial charge in [0, 0.05) is 37.0 Å². The van der Waals surface area contributed by atoms with E-state index in [1.54, 1.807) is 30.3 Å². The standard InChI is InChI=1S/C21H22ClNO6S/c1-27-15-4-6-19(28-2)20(12-15)30(25,26)23-9-7-21(8-10-23)13-17(24)16-11-14(22)3-5-18(16)29-21/h3-6,11-12H,7-10,13H2,1-2H3. The van der Waals surface area contributed by atoms with Gasteiger partial charge in [0.2, 0.25) is 10.0 Å². The van der Waals surface area contributed by atoms with Crippen molar-refractivity contribution in [2.75, 3.05) is 27.3 Å². The van der Waals surface area contributed by atoms with Gasteiger partial charge in [-0.15, -0.1) is 0 Å². The zero-order valence-electron chi connectivity index (χ0n) is 16.7. The third-order valence-electron chi connectivity index (χ3n) is 5.67. The van der Waals surface area contributed by atoms with Crippen molar-refractivity contribution in [1.82, 2.24) is 4.31 Å². The number of benzene rings is 2. The summed E-state index contributed by atoms with van der Waals surface area (Å²) >= 11 is 5.99. The Labute approximate surface area is 180 Å². The summed E-state index contributed by atoms with van der Waals surface area (Å²) in [6.07, 6.45) is 1.02. The molecular formula is C21H22ClNO6S. The molecule has 0 N–H and O–H groups in total. The van der Waals surface area contributed by atoms with E-state index < -0.39 is 15.6 Å². The first-order valence-electron chi connectivity index (χ1n) is 9.52. The quantitative estimate of drug-likeness (QED) is 0.707. The van der Waals surface area contributed by atoms with E-state index in [2.05, 4.69) is 0 Å². The number of hydrogen-bond acceptors (Lipinski definition) is 6. The first kappa shape index (κ1) is 21.0. The van der Waals surface area contributed by atoms with Gasteiger partial charge in [0.15, 0.2) is 5.78 Å². The van der Waals surface area contributed by atoms with E-state index in [9.17, 15) is 13.2 Å². The number of Topliss-reactive ketones (excluding diaryl/α,β-unsaturated/α-hetero) is 1. The lowest BCUT2D eigenvalue weighted by atomic mass is 9.83. The van der Waals surface area contributed by atoms with Gasteiger partial charge >= 0.3 is 0 Å². The van der Waals surface area contributed by atoms with Crippen LogP contribution in [0.2, 0.25) is 5.02 Å². The fraction of sp³-hybridized carbons (Fsp3) is 0.381. The molecule has 9 heteroatoms. The lowest BCUT2D eigenvalue weighted by molar-refractivity contribution is 0.00590. The highest BCUT2D eigenvalue weighted by molar-refractivity contribution is 7.89. The molecule has 160 valence electrons. The molecule has 2 heterocycles. The topological polar surface area (TPSA) is 82.1 Å². The van der Waals surface area contributed by atoms with Gasteiger partial charge in [-0.1, -0.05) is 11.6 Å². The SMILES string of the molecule is COc1ccc(OC)c(S(=O)(=O)N2CCC3(CC2)CC(=O)c2cc(Cl)ccc2O3)c1. The van der Waals surface area contributed by atoms with Crippen molar-refractivity contribution in [3.63, 3.8) is 0 Å². The molecule has 2 aliphatic rings. The number of nitrogens with zero attached hydrogens (tertiary/aromatic N) is 1. The number of carbonyl (C=O) groups is 1. The third kappa shape index (κ3) is 3.64. The van der Waals surface area contributed by atoms with Crippen LogP contribution in [0.4, 0.5) is 0 Å². The highest BCUT2D eigenvalue weighted by Crippen LogP contribution is 2.41. The zero-order valence-corrected chi connectivity index (χ0v) is 18.3. The van der Waals surface area contributed by atoms with E-state index in [1.165, 1.54) is 24.6 Å². The minimum absolute atomic E-state index is 0.0375. The van der Waals surface area contributed by atoms with Gasteiger partial charge in [-0.25, -0.2) is 8.42 Å². The lowest BCUT2D eigenvalue weighted by Crippen LogP contribution is -2.52. The summed E-state index contributed by atoms with van der Waals surface area (Å²) in [5.74, 6) is 1.15. The van der Waals surface area contributed by atoms with E-state index >= 15 is 0 Å². The molecule has 30 heavy (non-hydrogen) atoms.